The maximum absolute atomic E-state index is 11.4. The Morgan fingerprint density at radius 1 is 1.38 bits per heavy atom. The van der Waals surface area contributed by atoms with Crippen LogP contribution in [-0.2, 0) is 4.79 Å². The van der Waals surface area contributed by atoms with E-state index in [1.807, 2.05) is 45.9 Å². The summed E-state index contributed by atoms with van der Waals surface area (Å²) >= 11 is 6.31. The van der Waals surface area contributed by atoms with Gasteiger partial charge in [-0.05, 0) is 52.3 Å². The lowest BCUT2D eigenvalue weighted by Crippen LogP contribution is -2.47. The number of halogens is 1. The molecule has 154 valence electrons. The van der Waals surface area contributed by atoms with Gasteiger partial charge in [0.15, 0.2) is 0 Å². The number of allylic oxidation sites excluding steroid dienone is 3. The molecule has 29 heavy (non-hydrogen) atoms. The largest absolute Gasteiger partial charge is 0.489 e. The van der Waals surface area contributed by atoms with Crippen molar-refractivity contribution in [2.75, 3.05) is 0 Å². The monoisotopic (exact) mass is 415 g/mol. The van der Waals surface area contributed by atoms with E-state index in [0.717, 1.165) is 17.6 Å². The molecular formula is C22H26ClN3O3. The quantitative estimate of drug-likeness (QED) is 0.714. The van der Waals surface area contributed by atoms with E-state index < -0.39 is 0 Å². The minimum Gasteiger partial charge on any atom is -0.489 e. The highest BCUT2D eigenvalue weighted by Gasteiger charge is 2.29. The lowest BCUT2D eigenvalue weighted by atomic mass is 9.81. The fourth-order valence-corrected chi connectivity index (χ4v) is 3.53. The molecule has 3 rings (SSSR count). The molecule has 1 heterocycles. The number of benzene rings is 1. The van der Waals surface area contributed by atoms with Crippen LogP contribution >= 0.6 is 11.6 Å². The molecule has 0 bridgehead atoms. The number of rotatable bonds is 6. The van der Waals surface area contributed by atoms with Gasteiger partial charge in [-0.1, -0.05) is 35.0 Å². The highest BCUT2D eigenvalue weighted by Crippen LogP contribution is 2.32. The molecular weight excluding hydrogens is 390 g/mol. The first-order valence-corrected chi connectivity index (χ1v) is 10.0. The van der Waals surface area contributed by atoms with Crippen LogP contribution in [0.2, 0.25) is 5.02 Å². The van der Waals surface area contributed by atoms with E-state index >= 15 is 0 Å². The lowest BCUT2D eigenvalue weighted by molar-refractivity contribution is -0.120. The molecule has 1 aromatic heterocycles. The second-order valence-electron chi connectivity index (χ2n) is 8.00. The van der Waals surface area contributed by atoms with Crippen molar-refractivity contribution < 1.29 is 14.1 Å². The fraction of sp³-hybridized carbons (Fsp3) is 0.409. The van der Waals surface area contributed by atoms with Gasteiger partial charge < -0.3 is 14.6 Å². The van der Waals surface area contributed by atoms with Gasteiger partial charge in [-0.2, -0.15) is 4.98 Å². The van der Waals surface area contributed by atoms with Crippen LogP contribution in [0.4, 0.5) is 0 Å². The molecule has 1 aromatic carbocycles. The van der Waals surface area contributed by atoms with Crippen LogP contribution in [-0.4, -0.2) is 27.7 Å². The van der Waals surface area contributed by atoms with Gasteiger partial charge in [-0.15, -0.1) is 0 Å². The second-order valence-corrected chi connectivity index (χ2v) is 8.41. The van der Waals surface area contributed by atoms with E-state index in [-0.39, 0.29) is 23.5 Å². The van der Waals surface area contributed by atoms with Gasteiger partial charge in [-0.25, -0.2) is 0 Å². The van der Waals surface area contributed by atoms with Gasteiger partial charge in [0.2, 0.25) is 11.7 Å². The van der Waals surface area contributed by atoms with Crippen LogP contribution in [0.15, 0.2) is 41.0 Å². The maximum Gasteiger partial charge on any atom is 0.257 e. The van der Waals surface area contributed by atoms with E-state index in [4.69, 9.17) is 20.9 Å². The Hall–Kier alpha value is -2.60. The Morgan fingerprint density at radius 3 is 2.72 bits per heavy atom. The molecule has 1 N–H and O–H groups in total. The molecule has 0 fully saturated rings. The van der Waals surface area contributed by atoms with Gasteiger partial charge in [0.05, 0.1) is 11.1 Å². The third-order valence-electron chi connectivity index (χ3n) is 4.75. The zero-order chi connectivity index (χ0) is 21.2. The molecule has 1 unspecified atom stereocenters. The Morgan fingerprint density at radius 2 is 2.14 bits per heavy atom. The first-order chi connectivity index (χ1) is 13.7. The average molecular weight is 416 g/mol. The summed E-state index contributed by atoms with van der Waals surface area (Å²) in [6.07, 6.45) is 6.90. The van der Waals surface area contributed by atoms with Crippen molar-refractivity contribution in [1.82, 2.24) is 15.5 Å². The SMILES string of the molecule is CC(=O)NC(C)(C)C1C=CC(c2nc(-c3ccc(OC(C)C)c(Cl)c3)no2)=CC1. The molecule has 6 nitrogen and oxygen atoms in total. The number of aromatic nitrogens is 2. The highest BCUT2D eigenvalue weighted by molar-refractivity contribution is 6.32. The summed E-state index contributed by atoms with van der Waals surface area (Å²) in [5.41, 5.74) is 1.29. The standard InChI is InChI=1S/C22H26ClN3O3/c1-13(2)28-19-11-8-16(12-18(19)23)20-24-21(29-26-20)15-6-9-17(10-7-15)22(4,5)25-14(3)27/h6-9,11-13,17H,10H2,1-5H3,(H,25,27). The van der Waals surface area contributed by atoms with Crippen LogP contribution in [0.5, 0.6) is 5.75 Å². The summed E-state index contributed by atoms with van der Waals surface area (Å²) in [4.78, 5) is 15.9. The second kappa shape index (κ2) is 8.41. The van der Waals surface area contributed by atoms with Gasteiger partial charge in [-0.3, -0.25) is 4.79 Å². The van der Waals surface area contributed by atoms with Crippen molar-refractivity contribution in [3.63, 3.8) is 0 Å². The molecule has 0 saturated carbocycles. The average Bonchev–Trinajstić information content (AvgIpc) is 3.12. The van der Waals surface area contributed by atoms with Crippen LogP contribution in [0, 0.1) is 5.92 Å². The normalized spacial score (nSPS) is 16.7. The van der Waals surface area contributed by atoms with Crippen LogP contribution < -0.4 is 10.1 Å². The molecule has 0 aliphatic heterocycles. The minimum atomic E-state index is -0.332. The fourth-order valence-electron chi connectivity index (χ4n) is 3.31. The van der Waals surface area contributed by atoms with Crippen molar-refractivity contribution in [3.8, 4) is 17.1 Å². The Kier molecular flexibility index (Phi) is 6.13. The molecule has 1 aliphatic rings. The van der Waals surface area contributed by atoms with Crippen molar-refractivity contribution in [3.05, 3.63) is 47.3 Å². The van der Waals surface area contributed by atoms with E-state index in [1.165, 1.54) is 6.92 Å². The number of carbonyl (C=O) groups excluding carboxylic acids is 1. The number of nitrogens with zero attached hydrogens (tertiary/aromatic N) is 2. The van der Waals surface area contributed by atoms with E-state index in [9.17, 15) is 4.79 Å². The molecule has 0 saturated heterocycles. The first kappa shape index (κ1) is 21.1. The summed E-state index contributed by atoms with van der Waals surface area (Å²) in [5.74, 6) is 1.69. The number of ether oxygens (including phenoxy) is 1. The van der Waals surface area contributed by atoms with Gasteiger partial charge in [0.25, 0.3) is 5.89 Å². The number of nitrogens with one attached hydrogen (secondary N) is 1. The number of amides is 1. The zero-order valence-corrected chi connectivity index (χ0v) is 18.1. The van der Waals surface area contributed by atoms with E-state index in [2.05, 4.69) is 27.6 Å². The summed E-state index contributed by atoms with van der Waals surface area (Å²) in [7, 11) is 0. The molecule has 0 radical (unpaired) electrons. The first-order valence-electron chi connectivity index (χ1n) is 9.63. The third kappa shape index (κ3) is 5.07. The molecule has 2 aromatic rings. The zero-order valence-electron chi connectivity index (χ0n) is 17.3. The Bertz CT molecular complexity index is 960. The third-order valence-corrected chi connectivity index (χ3v) is 5.05. The van der Waals surface area contributed by atoms with Crippen LogP contribution in [0.3, 0.4) is 0 Å². The maximum atomic E-state index is 11.4. The van der Waals surface area contributed by atoms with E-state index in [0.29, 0.717) is 22.5 Å². The molecule has 1 amide bonds. The summed E-state index contributed by atoms with van der Waals surface area (Å²) < 4.78 is 11.1. The summed E-state index contributed by atoms with van der Waals surface area (Å²) in [6, 6.07) is 5.43. The summed E-state index contributed by atoms with van der Waals surface area (Å²) in [5, 5.41) is 7.58. The smallest absolute Gasteiger partial charge is 0.257 e. The van der Waals surface area contributed by atoms with Crippen LogP contribution in [0.1, 0.15) is 46.9 Å². The van der Waals surface area contributed by atoms with Gasteiger partial charge in [0, 0.05) is 29.5 Å². The lowest BCUT2D eigenvalue weighted by Gasteiger charge is -2.34. The van der Waals surface area contributed by atoms with Crippen molar-refractivity contribution in [1.29, 1.82) is 0 Å². The van der Waals surface area contributed by atoms with Crippen molar-refractivity contribution >= 4 is 23.1 Å². The Balaban J connectivity index is 1.74. The van der Waals surface area contributed by atoms with E-state index in [1.54, 1.807) is 6.07 Å². The van der Waals surface area contributed by atoms with Gasteiger partial charge >= 0.3 is 0 Å². The predicted molar refractivity (Wildman–Crippen MR) is 114 cm³/mol. The number of carbonyl (C=O) groups is 1. The van der Waals surface area contributed by atoms with Crippen LogP contribution in [0.25, 0.3) is 17.0 Å². The molecule has 0 spiro atoms. The number of hydrogen-bond donors (Lipinski definition) is 1. The molecule has 1 atom stereocenters. The predicted octanol–water partition coefficient (Wildman–Crippen LogP) is 5.05. The minimum absolute atomic E-state index is 0.0387. The Labute approximate surface area is 176 Å². The topological polar surface area (TPSA) is 77.2 Å². The van der Waals surface area contributed by atoms with Gasteiger partial charge in [0.1, 0.15) is 5.75 Å². The van der Waals surface area contributed by atoms with Crippen molar-refractivity contribution in [2.24, 2.45) is 5.92 Å². The molecule has 1 aliphatic carbocycles. The summed E-state index contributed by atoms with van der Waals surface area (Å²) in [6.45, 7) is 9.46. The number of hydrogen-bond acceptors (Lipinski definition) is 5. The van der Waals surface area contributed by atoms with Crippen molar-refractivity contribution in [2.45, 2.75) is 52.7 Å². The highest BCUT2D eigenvalue weighted by atomic mass is 35.5. The molecule has 7 heteroatoms.